The fraction of sp³-hybridized carbons (Fsp3) is 0.833. The topological polar surface area (TPSA) is 46.5 Å². The Bertz CT molecular complexity index is 398. The summed E-state index contributed by atoms with van der Waals surface area (Å²) in [7, 11) is 0. The minimum Gasteiger partial charge on any atom is -0.456 e. The van der Waals surface area contributed by atoms with E-state index < -0.39 is 11.6 Å². The number of rotatable bonds is 4. The number of carbonyl (C=O) groups is 1. The maximum absolute atomic E-state index is 11.2. The van der Waals surface area contributed by atoms with Gasteiger partial charge in [0.2, 0.25) is 0 Å². The Morgan fingerprint density at radius 3 is 2.24 bits per heavy atom. The van der Waals surface area contributed by atoms with Crippen LogP contribution in [0.2, 0.25) is 0 Å². The van der Waals surface area contributed by atoms with E-state index in [9.17, 15) is 9.90 Å². The van der Waals surface area contributed by atoms with Crippen molar-refractivity contribution in [1.29, 1.82) is 0 Å². The minimum atomic E-state index is -0.621. The molecule has 0 aromatic rings. The summed E-state index contributed by atoms with van der Waals surface area (Å²) in [5, 5.41) is 10.1. The minimum absolute atomic E-state index is 0.137. The first kappa shape index (κ1) is 18.0. The molecule has 120 valence electrons. The van der Waals surface area contributed by atoms with Gasteiger partial charge in [-0.2, -0.15) is 0 Å². The average Bonchev–Trinajstić information content (AvgIpc) is 2.34. The molecule has 0 amide bonds. The second kappa shape index (κ2) is 7.31. The molecule has 0 aromatic carbocycles. The Kier molecular flexibility index (Phi) is 6.28. The van der Waals surface area contributed by atoms with Crippen molar-refractivity contribution < 1.29 is 14.6 Å². The highest BCUT2D eigenvalue weighted by molar-refractivity contribution is 5.88. The van der Waals surface area contributed by atoms with E-state index >= 15 is 0 Å². The zero-order chi connectivity index (χ0) is 16.1. The summed E-state index contributed by atoms with van der Waals surface area (Å²) in [5.74, 6) is 6.16. The van der Waals surface area contributed by atoms with E-state index in [1.807, 2.05) is 13.8 Å². The predicted molar refractivity (Wildman–Crippen MR) is 84.6 cm³/mol. The van der Waals surface area contributed by atoms with Gasteiger partial charge >= 0.3 is 5.97 Å². The molecule has 3 nitrogen and oxygen atoms in total. The van der Waals surface area contributed by atoms with Crippen LogP contribution in [0.4, 0.5) is 0 Å². The van der Waals surface area contributed by atoms with Crippen LogP contribution in [0.15, 0.2) is 0 Å². The molecule has 3 heteroatoms. The molecule has 1 rings (SSSR count). The smallest absolute Gasteiger partial charge is 0.384 e. The molecule has 1 N–H and O–H groups in total. The van der Waals surface area contributed by atoms with Gasteiger partial charge in [0, 0.05) is 11.8 Å². The van der Waals surface area contributed by atoms with E-state index in [4.69, 9.17) is 4.74 Å². The van der Waals surface area contributed by atoms with E-state index in [0.717, 1.165) is 32.1 Å². The van der Waals surface area contributed by atoms with Gasteiger partial charge in [0.15, 0.2) is 0 Å². The molecule has 0 bridgehead atoms. The number of esters is 1. The van der Waals surface area contributed by atoms with Gasteiger partial charge in [-0.1, -0.05) is 19.8 Å². The highest BCUT2D eigenvalue weighted by Crippen LogP contribution is 2.44. The number of hydrogen-bond acceptors (Lipinski definition) is 3. The Hall–Kier alpha value is -1.01. The van der Waals surface area contributed by atoms with Crippen LogP contribution in [0.5, 0.6) is 0 Å². The van der Waals surface area contributed by atoms with Crippen molar-refractivity contribution in [2.45, 2.75) is 72.3 Å². The van der Waals surface area contributed by atoms with Crippen molar-refractivity contribution in [1.82, 2.24) is 0 Å². The van der Waals surface area contributed by atoms with Crippen molar-refractivity contribution >= 4 is 5.97 Å². The highest BCUT2D eigenvalue weighted by atomic mass is 16.5. The summed E-state index contributed by atoms with van der Waals surface area (Å²) in [6.07, 6.45) is 5.11. The highest BCUT2D eigenvalue weighted by Gasteiger charge is 2.36. The Labute approximate surface area is 129 Å². The first-order chi connectivity index (χ1) is 9.64. The lowest BCUT2D eigenvalue weighted by Crippen LogP contribution is -2.35. The molecule has 0 spiro atoms. The molecule has 1 aliphatic rings. The predicted octanol–water partition coefficient (Wildman–Crippen LogP) is 3.55. The molecule has 0 radical (unpaired) electrons. The SMILES string of the molecule is CCOC(=O)C#CC1CCC(C(C)(C)CC(C)(C)O)CC1. The summed E-state index contributed by atoms with van der Waals surface area (Å²) in [5.41, 5.74) is -0.484. The fourth-order valence-corrected chi connectivity index (χ4v) is 3.61. The molecule has 0 aromatic heterocycles. The second-order valence-electron chi connectivity index (χ2n) is 7.52. The lowest BCUT2D eigenvalue weighted by atomic mass is 9.65. The van der Waals surface area contributed by atoms with E-state index in [2.05, 4.69) is 25.7 Å². The molecule has 0 saturated heterocycles. The monoisotopic (exact) mass is 294 g/mol. The summed E-state index contributed by atoms with van der Waals surface area (Å²) in [6, 6.07) is 0. The molecule has 0 atom stereocenters. The lowest BCUT2D eigenvalue weighted by molar-refractivity contribution is -0.136. The summed E-state index contributed by atoms with van der Waals surface area (Å²) in [4.78, 5) is 11.2. The molecule has 0 aliphatic heterocycles. The number of ether oxygens (including phenoxy) is 1. The lowest BCUT2D eigenvalue weighted by Gasteiger charge is -2.41. The largest absolute Gasteiger partial charge is 0.456 e. The molecule has 1 saturated carbocycles. The van der Waals surface area contributed by atoms with Crippen molar-refractivity contribution in [2.75, 3.05) is 6.61 Å². The maximum atomic E-state index is 11.2. The van der Waals surface area contributed by atoms with Crippen LogP contribution in [0.3, 0.4) is 0 Å². The quantitative estimate of drug-likeness (QED) is 0.490. The number of hydrogen-bond donors (Lipinski definition) is 1. The van der Waals surface area contributed by atoms with E-state index in [1.54, 1.807) is 6.92 Å². The van der Waals surface area contributed by atoms with Crippen molar-refractivity contribution in [2.24, 2.45) is 17.3 Å². The third-order valence-corrected chi connectivity index (χ3v) is 4.37. The summed E-state index contributed by atoms with van der Waals surface area (Å²) in [6.45, 7) is 10.4. The third-order valence-electron chi connectivity index (χ3n) is 4.37. The van der Waals surface area contributed by atoms with Gasteiger partial charge < -0.3 is 9.84 Å². The van der Waals surface area contributed by atoms with Crippen LogP contribution in [0, 0.1) is 29.1 Å². The zero-order valence-corrected chi connectivity index (χ0v) is 14.2. The normalized spacial score (nSPS) is 23.1. The van der Waals surface area contributed by atoms with Crippen LogP contribution >= 0.6 is 0 Å². The van der Waals surface area contributed by atoms with Crippen LogP contribution < -0.4 is 0 Å². The average molecular weight is 294 g/mol. The van der Waals surface area contributed by atoms with Crippen LogP contribution in [0.25, 0.3) is 0 Å². The Morgan fingerprint density at radius 1 is 1.19 bits per heavy atom. The molecule has 1 aliphatic carbocycles. The first-order valence-corrected chi connectivity index (χ1v) is 8.05. The number of carbonyl (C=O) groups excluding carboxylic acids is 1. The first-order valence-electron chi connectivity index (χ1n) is 8.05. The van der Waals surface area contributed by atoms with Crippen molar-refractivity contribution in [3.8, 4) is 11.8 Å². The van der Waals surface area contributed by atoms with Crippen molar-refractivity contribution in [3.63, 3.8) is 0 Å². The Balaban J connectivity index is 2.50. The molecule has 0 heterocycles. The second-order valence-corrected chi connectivity index (χ2v) is 7.52. The van der Waals surface area contributed by atoms with Crippen molar-refractivity contribution in [3.05, 3.63) is 0 Å². The molecular formula is C18H30O3. The summed E-state index contributed by atoms with van der Waals surface area (Å²) < 4.78 is 4.82. The Morgan fingerprint density at radius 2 is 1.76 bits per heavy atom. The number of aliphatic hydroxyl groups is 1. The van der Waals surface area contributed by atoms with Crippen LogP contribution in [-0.4, -0.2) is 23.3 Å². The van der Waals surface area contributed by atoms with E-state index in [0.29, 0.717) is 18.4 Å². The van der Waals surface area contributed by atoms with Crippen LogP contribution in [0.1, 0.15) is 66.7 Å². The van der Waals surface area contributed by atoms with Gasteiger partial charge in [0.05, 0.1) is 12.2 Å². The van der Waals surface area contributed by atoms with E-state index in [1.165, 1.54) is 0 Å². The fourth-order valence-electron chi connectivity index (χ4n) is 3.61. The van der Waals surface area contributed by atoms with Gasteiger partial charge in [0.1, 0.15) is 0 Å². The maximum Gasteiger partial charge on any atom is 0.384 e. The summed E-state index contributed by atoms with van der Waals surface area (Å²) >= 11 is 0. The molecule has 0 unspecified atom stereocenters. The van der Waals surface area contributed by atoms with Gasteiger partial charge in [-0.3, -0.25) is 0 Å². The van der Waals surface area contributed by atoms with Gasteiger partial charge in [0.25, 0.3) is 0 Å². The molecule has 21 heavy (non-hydrogen) atoms. The molecular weight excluding hydrogens is 264 g/mol. The van der Waals surface area contributed by atoms with E-state index in [-0.39, 0.29) is 5.41 Å². The van der Waals surface area contributed by atoms with Gasteiger partial charge in [-0.05, 0) is 64.2 Å². The van der Waals surface area contributed by atoms with Crippen LogP contribution in [-0.2, 0) is 9.53 Å². The van der Waals surface area contributed by atoms with Gasteiger partial charge in [-0.25, -0.2) is 4.79 Å². The third kappa shape index (κ3) is 6.52. The van der Waals surface area contributed by atoms with Gasteiger partial charge in [-0.15, -0.1) is 0 Å². The standard InChI is InChI=1S/C18H30O3/c1-6-21-16(19)12-9-14-7-10-15(11-8-14)17(2,3)13-18(4,5)20/h14-15,20H,6-8,10-11,13H2,1-5H3. The molecule has 1 fully saturated rings. The zero-order valence-electron chi connectivity index (χ0n) is 14.2.